The summed E-state index contributed by atoms with van der Waals surface area (Å²) in [6.45, 7) is 7.15. The van der Waals surface area contributed by atoms with Crippen molar-refractivity contribution in [2.75, 3.05) is 6.61 Å². The van der Waals surface area contributed by atoms with Crippen molar-refractivity contribution in [3.8, 4) is 0 Å². The molecule has 1 rings (SSSR count). The van der Waals surface area contributed by atoms with Gasteiger partial charge in [-0.2, -0.15) is 0 Å². The summed E-state index contributed by atoms with van der Waals surface area (Å²) in [7, 11) is 0. The number of nitrogens with zero attached hydrogens (tertiary/aromatic N) is 1. The van der Waals surface area contributed by atoms with Gasteiger partial charge in [0.05, 0.1) is 5.41 Å². The molecule has 1 N–H and O–H groups in total. The summed E-state index contributed by atoms with van der Waals surface area (Å²) < 4.78 is 0. The molecule has 0 aromatic heterocycles. The summed E-state index contributed by atoms with van der Waals surface area (Å²) in [6.07, 6.45) is 0.682. The summed E-state index contributed by atoms with van der Waals surface area (Å²) in [6, 6.07) is 0. The molecule has 1 fully saturated rings. The van der Waals surface area contributed by atoms with E-state index in [0.29, 0.717) is 6.42 Å². The van der Waals surface area contributed by atoms with E-state index in [0.717, 1.165) is 0 Å². The van der Waals surface area contributed by atoms with Gasteiger partial charge in [-0.05, 0) is 20.3 Å². The van der Waals surface area contributed by atoms with E-state index in [-0.39, 0.29) is 24.8 Å². The van der Waals surface area contributed by atoms with Crippen LogP contribution in [0.2, 0.25) is 0 Å². The molecule has 0 saturated carbocycles. The van der Waals surface area contributed by atoms with Crippen molar-refractivity contribution >= 4 is 11.8 Å². The summed E-state index contributed by atoms with van der Waals surface area (Å²) in [5.41, 5.74) is -1.18. The maximum atomic E-state index is 12.0. The van der Waals surface area contributed by atoms with Crippen molar-refractivity contribution in [3.05, 3.63) is 0 Å². The number of carbonyl (C=O) groups is 2. The van der Waals surface area contributed by atoms with E-state index < -0.39 is 11.0 Å². The molecule has 4 heteroatoms. The average molecular weight is 213 g/mol. The molecule has 0 spiro atoms. The van der Waals surface area contributed by atoms with Gasteiger partial charge in [-0.3, -0.25) is 14.5 Å². The van der Waals surface area contributed by atoms with Gasteiger partial charge in [-0.15, -0.1) is 0 Å². The molecule has 1 aliphatic heterocycles. The molecule has 1 heterocycles. The van der Waals surface area contributed by atoms with Gasteiger partial charge in [0, 0.05) is 18.6 Å². The molecule has 0 aromatic rings. The fraction of sp³-hybridized carbons (Fsp3) is 0.818. The quantitative estimate of drug-likeness (QED) is 0.710. The second-order valence-corrected chi connectivity index (χ2v) is 5.38. The SMILES string of the molecule is CC1(C)CC(=O)N(C(C)(C)CCO)C1=O. The number of rotatable bonds is 3. The van der Waals surface area contributed by atoms with Crippen molar-refractivity contribution in [2.24, 2.45) is 5.41 Å². The number of hydrogen-bond donors (Lipinski definition) is 1. The van der Waals surface area contributed by atoms with E-state index >= 15 is 0 Å². The normalized spacial score (nSPS) is 21.3. The third kappa shape index (κ3) is 2.04. The molecular weight excluding hydrogens is 194 g/mol. The Hall–Kier alpha value is -0.900. The van der Waals surface area contributed by atoms with Crippen LogP contribution in [0.3, 0.4) is 0 Å². The summed E-state index contributed by atoms with van der Waals surface area (Å²) in [5, 5.41) is 8.92. The maximum Gasteiger partial charge on any atom is 0.235 e. The molecule has 2 amide bonds. The highest BCUT2D eigenvalue weighted by Gasteiger charge is 2.49. The lowest BCUT2D eigenvalue weighted by Gasteiger charge is -2.34. The zero-order valence-corrected chi connectivity index (χ0v) is 9.83. The van der Waals surface area contributed by atoms with Gasteiger partial charge in [0.2, 0.25) is 11.8 Å². The standard InChI is InChI=1S/C11H19NO3/c1-10(2)7-8(14)12(9(10)15)11(3,4)5-6-13/h13H,5-7H2,1-4H3. The summed E-state index contributed by atoms with van der Waals surface area (Å²) in [5.74, 6) is -0.269. The smallest absolute Gasteiger partial charge is 0.235 e. The van der Waals surface area contributed by atoms with Crippen LogP contribution in [-0.4, -0.2) is 34.0 Å². The third-order valence-corrected chi connectivity index (χ3v) is 2.95. The molecule has 0 radical (unpaired) electrons. The Bertz CT molecular complexity index is 294. The maximum absolute atomic E-state index is 12.0. The van der Waals surface area contributed by atoms with Crippen molar-refractivity contribution in [1.29, 1.82) is 0 Å². The van der Waals surface area contributed by atoms with Crippen LogP contribution in [0, 0.1) is 5.41 Å². The highest BCUT2D eigenvalue weighted by atomic mass is 16.3. The van der Waals surface area contributed by atoms with Gasteiger partial charge in [-0.25, -0.2) is 0 Å². The number of carbonyl (C=O) groups excluding carboxylic acids is 2. The highest BCUT2D eigenvalue weighted by molar-refractivity contribution is 6.06. The van der Waals surface area contributed by atoms with E-state index in [1.54, 1.807) is 27.7 Å². The van der Waals surface area contributed by atoms with Gasteiger partial charge in [0.25, 0.3) is 0 Å². The Kier molecular flexibility index (Phi) is 2.92. The predicted molar refractivity (Wildman–Crippen MR) is 56.0 cm³/mol. The molecule has 86 valence electrons. The first-order valence-corrected chi connectivity index (χ1v) is 5.21. The minimum absolute atomic E-state index is 0.0233. The summed E-state index contributed by atoms with van der Waals surface area (Å²) in [4.78, 5) is 25.0. The number of imide groups is 1. The molecular formula is C11H19NO3. The largest absolute Gasteiger partial charge is 0.396 e. The van der Waals surface area contributed by atoms with Crippen molar-refractivity contribution in [2.45, 2.75) is 46.1 Å². The lowest BCUT2D eigenvalue weighted by Crippen LogP contribution is -2.49. The molecule has 0 bridgehead atoms. The number of aliphatic hydroxyl groups is 1. The molecule has 0 atom stereocenters. The monoisotopic (exact) mass is 213 g/mol. The second kappa shape index (κ2) is 3.59. The van der Waals surface area contributed by atoms with Crippen LogP contribution in [0.4, 0.5) is 0 Å². The average Bonchev–Trinajstić information content (AvgIpc) is 2.20. The van der Waals surface area contributed by atoms with Crippen LogP contribution < -0.4 is 0 Å². The van der Waals surface area contributed by atoms with Crippen molar-refractivity contribution < 1.29 is 14.7 Å². The Morgan fingerprint density at radius 2 is 1.93 bits per heavy atom. The van der Waals surface area contributed by atoms with Gasteiger partial charge < -0.3 is 5.11 Å². The van der Waals surface area contributed by atoms with E-state index in [9.17, 15) is 9.59 Å². The second-order valence-electron chi connectivity index (χ2n) is 5.38. The van der Waals surface area contributed by atoms with Gasteiger partial charge in [-0.1, -0.05) is 13.8 Å². The first kappa shape index (κ1) is 12.2. The van der Waals surface area contributed by atoms with Crippen LogP contribution in [0.25, 0.3) is 0 Å². The lowest BCUT2D eigenvalue weighted by molar-refractivity contribution is -0.147. The van der Waals surface area contributed by atoms with Crippen LogP contribution in [0.5, 0.6) is 0 Å². The molecule has 1 saturated heterocycles. The van der Waals surface area contributed by atoms with E-state index in [4.69, 9.17) is 5.11 Å². The first-order valence-electron chi connectivity index (χ1n) is 5.21. The first-order chi connectivity index (χ1) is 6.72. The third-order valence-electron chi connectivity index (χ3n) is 2.95. The molecule has 0 aliphatic carbocycles. The fourth-order valence-electron chi connectivity index (χ4n) is 1.95. The number of aliphatic hydroxyl groups excluding tert-OH is 1. The number of hydrogen-bond acceptors (Lipinski definition) is 3. The van der Waals surface area contributed by atoms with Gasteiger partial charge >= 0.3 is 0 Å². The Balaban J connectivity index is 2.97. The minimum atomic E-state index is -0.593. The lowest BCUT2D eigenvalue weighted by atomic mass is 9.91. The van der Waals surface area contributed by atoms with E-state index in [1.807, 2.05) is 0 Å². The van der Waals surface area contributed by atoms with Gasteiger partial charge in [0.15, 0.2) is 0 Å². The Morgan fingerprint density at radius 3 is 2.27 bits per heavy atom. The zero-order valence-electron chi connectivity index (χ0n) is 9.83. The Morgan fingerprint density at radius 1 is 1.40 bits per heavy atom. The minimum Gasteiger partial charge on any atom is -0.396 e. The topological polar surface area (TPSA) is 57.6 Å². The molecule has 4 nitrogen and oxygen atoms in total. The van der Waals surface area contributed by atoms with Crippen molar-refractivity contribution in [1.82, 2.24) is 4.90 Å². The van der Waals surface area contributed by atoms with Crippen LogP contribution in [-0.2, 0) is 9.59 Å². The highest BCUT2D eigenvalue weighted by Crippen LogP contribution is 2.36. The molecule has 0 aromatic carbocycles. The molecule has 0 unspecified atom stereocenters. The van der Waals surface area contributed by atoms with Gasteiger partial charge in [0.1, 0.15) is 0 Å². The van der Waals surface area contributed by atoms with Crippen LogP contribution in [0.15, 0.2) is 0 Å². The Labute approximate surface area is 90.3 Å². The zero-order chi connectivity index (χ0) is 11.9. The molecule has 1 aliphatic rings. The fourth-order valence-corrected chi connectivity index (χ4v) is 1.95. The number of amides is 2. The van der Waals surface area contributed by atoms with E-state index in [1.165, 1.54) is 4.90 Å². The van der Waals surface area contributed by atoms with Crippen LogP contribution in [0.1, 0.15) is 40.5 Å². The number of likely N-dealkylation sites (tertiary alicyclic amines) is 1. The summed E-state index contributed by atoms with van der Waals surface area (Å²) >= 11 is 0. The predicted octanol–water partition coefficient (Wildman–Crippen LogP) is 0.932. The van der Waals surface area contributed by atoms with Crippen molar-refractivity contribution in [3.63, 3.8) is 0 Å². The molecule has 15 heavy (non-hydrogen) atoms. The van der Waals surface area contributed by atoms with Crippen LogP contribution >= 0.6 is 0 Å². The van der Waals surface area contributed by atoms with E-state index in [2.05, 4.69) is 0 Å².